The standard InChI is InChI=1S/C15H17NO4/c1-10-11-6-4-5-7-12(11)20-14(10)15(18)16(2)9-8-13(17)19-3/h4-7H,8-9H2,1-3H3. The fourth-order valence-corrected chi connectivity index (χ4v) is 2.01. The SMILES string of the molecule is COC(=O)CCN(C)C(=O)c1oc2ccccc2c1C. The predicted octanol–water partition coefficient (Wildman–Crippen LogP) is 2.38. The average molecular weight is 275 g/mol. The summed E-state index contributed by atoms with van der Waals surface area (Å²) in [4.78, 5) is 24.9. The second kappa shape index (κ2) is 5.77. The van der Waals surface area contributed by atoms with Crippen LogP contribution < -0.4 is 0 Å². The molecule has 0 spiro atoms. The molecular weight excluding hydrogens is 258 g/mol. The number of carbonyl (C=O) groups excluding carboxylic acids is 2. The van der Waals surface area contributed by atoms with Crippen molar-refractivity contribution in [2.24, 2.45) is 0 Å². The number of carbonyl (C=O) groups is 2. The molecule has 0 atom stereocenters. The summed E-state index contributed by atoms with van der Waals surface area (Å²) in [6.45, 7) is 2.15. The van der Waals surface area contributed by atoms with E-state index in [2.05, 4.69) is 4.74 Å². The number of fused-ring (bicyclic) bond motifs is 1. The quantitative estimate of drug-likeness (QED) is 0.804. The number of hydrogen-bond acceptors (Lipinski definition) is 4. The highest BCUT2D eigenvalue weighted by molar-refractivity contribution is 5.98. The predicted molar refractivity (Wildman–Crippen MR) is 74.5 cm³/mol. The van der Waals surface area contributed by atoms with E-state index in [1.807, 2.05) is 31.2 Å². The van der Waals surface area contributed by atoms with E-state index in [4.69, 9.17) is 4.42 Å². The minimum absolute atomic E-state index is 0.165. The van der Waals surface area contributed by atoms with Gasteiger partial charge in [-0.1, -0.05) is 18.2 Å². The van der Waals surface area contributed by atoms with E-state index in [1.165, 1.54) is 12.0 Å². The lowest BCUT2D eigenvalue weighted by Gasteiger charge is -2.15. The molecule has 0 unspecified atom stereocenters. The zero-order valence-electron chi connectivity index (χ0n) is 11.8. The van der Waals surface area contributed by atoms with Crippen LogP contribution in [0.3, 0.4) is 0 Å². The Morgan fingerprint density at radius 2 is 2.00 bits per heavy atom. The molecule has 0 aliphatic carbocycles. The zero-order valence-corrected chi connectivity index (χ0v) is 11.8. The van der Waals surface area contributed by atoms with Crippen LogP contribution in [0.25, 0.3) is 11.0 Å². The first-order valence-electron chi connectivity index (χ1n) is 6.35. The van der Waals surface area contributed by atoms with Crippen molar-refractivity contribution in [1.82, 2.24) is 4.90 Å². The Bertz CT molecular complexity index is 644. The van der Waals surface area contributed by atoms with Gasteiger partial charge in [0.25, 0.3) is 5.91 Å². The maximum Gasteiger partial charge on any atom is 0.307 e. The third kappa shape index (κ3) is 2.66. The van der Waals surface area contributed by atoms with Crippen molar-refractivity contribution in [2.75, 3.05) is 20.7 Å². The van der Waals surface area contributed by atoms with E-state index in [-0.39, 0.29) is 18.3 Å². The minimum atomic E-state index is -0.342. The monoisotopic (exact) mass is 275 g/mol. The third-order valence-corrected chi connectivity index (χ3v) is 3.26. The fraction of sp³-hybridized carbons (Fsp3) is 0.333. The molecule has 2 aromatic rings. The van der Waals surface area contributed by atoms with Crippen LogP contribution >= 0.6 is 0 Å². The van der Waals surface area contributed by atoms with Gasteiger partial charge in [-0.15, -0.1) is 0 Å². The van der Waals surface area contributed by atoms with E-state index < -0.39 is 0 Å². The molecule has 0 radical (unpaired) electrons. The largest absolute Gasteiger partial charge is 0.469 e. The molecule has 5 nitrogen and oxygen atoms in total. The third-order valence-electron chi connectivity index (χ3n) is 3.26. The maximum atomic E-state index is 12.3. The van der Waals surface area contributed by atoms with Gasteiger partial charge in [0.1, 0.15) is 5.58 Å². The molecule has 0 fully saturated rings. The lowest BCUT2D eigenvalue weighted by atomic mass is 10.1. The average Bonchev–Trinajstić information content (AvgIpc) is 2.81. The van der Waals surface area contributed by atoms with Crippen molar-refractivity contribution in [3.8, 4) is 0 Å². The van der Waals surface area contributed by atoms with Crippen LogP contribution in [0.5, 0.6) is 0 Å². The van der Waals surface area contributed by atoms with Gasteiger partial charge < -0.3 is 14.1 Å². The van der Waals surface area contributed by atoms with Crippen molar-refractivity contribution < 1.29 is 18.7 Å². The number of furan rings is 1. The lowest BCUT2D eigenvalue weighted by molar-refractivity contribution is -0.140. The first-order chi connectivity index (χ1) is 9.54. The highest BCUT2D eigenvalue weighted by Crippen LogP contribution is 2.25. The molecule has 0 saturated heterocycles. The van der Waals surface area contributed by atoms with Gasteiger partial charge in [0.05, 0.1) is 13.5 Å². The molecule has 0 aliphatic heterocycles. The Labute approximate surface area is 117 Å². The van der Waals surface area contributed by atoms with Crippen molar-refractivity contribution in [1.29, 1.82) is 0 Å². The number of aryl methyl sites for hydroxylation is 1. The first kappa shape index (κ1) is 14.1. The van der Waals surface area contributed by atoms with Crippen LogP contribution in [0.1, 0.15) is 22.5 Å². The molecule has 0 aliphatic rings. The Kier molecular flexibility index (Phi) is 4.08. The number of ether oxygens (including phenoxy) is 1. The molecule has 0 saturated carbocycles. The Morgan fingerprint density at radius 3 is 2.65 bits per heavy atom. The second-order valence-electron chi connectivity index (χ2n) is 4.61. The summed E-state index contributed by atoms with van der Waals surface area (Å²) in [6, 6.07) is 7.51. The topological polar surface area (TPSA) is 59.8 Å². The lowest BCUT2D eigenvalue weighted by Crippen LogP contribution is -2.29. The molecule has 1 heterocycles. The molecule has 0 bridgehead atoms. The van der Waals surface area contributed by atoms with Gasteiger partial charge in [-0.2, -0.15) is 0 Å². The van der Waals surface area contributed by atoms with Gasteiger partial charge in [-0.3, -0.25) is 9.59 Å². The van der Waals surface area contributed by atoms with E-state index in [1.54, 1.807) is 7.05 Å². The van der Waals surface area contributed by atoms with E-state index in [9.17, 15) is 9.59 Å². The number of nitrogens with zero attached hydrogens (tertiary/aromatic N) is 1. The van der Waals surface area contributed by atoms with E-state index >= 15 is 0 Å². The highest BCUT2D eigenvalue weighted by atomic mass is 16.5. The maximum absolute atomic E-state index is 12.3. The zero-order chi connectivity index (χ0) is 14.7. The van der Waals surface area contributed by atoms with Crippen LogP contribution in [0.15, 0.2) is 28.7 Å². The summed E-state index contributed by atoms with van der Waals surface area (Å²) >= 11 is 0. The summed E-state index contributed by atoms with van der Waals surface area (Å²) in [5.74, 6) is -0.257. The van der Waals surface area contributed by atoms with Gasteiger partial charge in [-0.25, -0.2) is 0 Å². The highest BCUT2D eigenvalue weighted by Gasteiger charge is 2.21. The van der Waals surface area contributed by atoms with Gasteiger partial charge in [0.2, 0.25) is 0 Å². The molecule has 1 aromatic carbocycles. The van der Waals surface area contributed by atoms with Crippen molar-refractivity contribution in [3.63, 3.8) is 0 Å². The number of rotatable bonds is 4. The Hall–Kier alpha value is -2.30. The summed E-state index contributed by atoms with van der Waals surface area (Å²) in [6.07, 6.45) is 0.165. The van der Waals surface area contributed by atoms with Crippen molar-refractivity contribution in [3.05, 3.63) is 35.6 Å². The van der Waals surface area contributed by atoms with Gasteiger partial charge in [0.15, 0.2) is 5.76 Å². The summed E-state index contributed by atoms with van der Waals surface area (Å²) in [7, 11) is 2.96. The van der Waals surface area contributed by atoms with Gasteiger partial charge in [-0.05, 0) is 13.0 Å². The second-order valence-corrected chi connectivity index (χ2v) is 4.61. The number of methoxy groups -OCH3 is 1. The number of amides is 1. The van der Waals surface area contributed by atoms with Crippen LogP contribution in [-0.2, 0) is 9.53 Å². The summed E-state index contributed by atoms with van der Waals surface area (Å²) in [5.41, 5.74) is 1.50. The number of esters is 1. The van der Waals surface area contributed by atoms with Crippen LogP contribution in [-0.4, -0.2) is 37.5 Å². The Morgan fingerprint density at radius 1 is 1.30 bits per heavy atom. The smallest absolute Gasteiger partial charge is 0.307 e. The molecule has 5 heteroatoms. The van der Waals surface area contributed by atoms with E-state index in [0.717, 1.165) is 10.9 Å². The molecule has 2 rings (SSSR count). The molecule has 1 amide bonds. The molecule has 1 aromatic heterocycles. The summed E-state index contributed by atoms with van der Waals surface area (Å²) < 4.78 is 10.2. The van der Waals surface area contributed by atoms with Crippen LogP contribution in [0.4, 0.5) is 0 Å². The first-order valence-corrected chi connectivity index (χ1v) is 6.35. The normalized spacial score (nSPS) is 10.6. The van der Waals surface area contributed by atoms with Crippen molar-refractivity contribution in [2.45, 2.75) is 13.3 Å². The van der Waals surface area contributed by atoms with Gasteiger partial charge >= 0.3 is 5.97 Å². The fourth-order valence-electron chi connectivity index (χ4n) is 2.01. The molecule has 0 N–H and O–H groups in total. The minimum Gasteiger partial charge on any atom is -0.469 e. The molecular formula is C15H17NO4. The molecule has 106 valence electrons. The number of benzene rings is 1. The number of hydrogen-bond donors (Lipinski definition) is 0. The van der Waals surface area contributed by atoms with Crippen LogP contribution in [0.2, 0.25) is 0 Å². The van der Waals surface area contributed by atoms with Crippen molar-refractivity contribution >= 4 is 22.8 Å². The molecule has 20 heavy (non-hydrogen) atoms. The summed E-state index contributed by atoms with van der Waals surface area (Å²) in [5, 5.41) is 0.928. The Balaban J connectivity index is 2.18. The van der Waals surface area contributed by atoms with Crippen LogP contribution in [0, 0.1) is 6.92 Å². The van der Waals surface area contributed by atoms with Gasteiger partial charge in [0, 0.05) is 24.5 Å². The van der Waals surface area contributed by atoms with E-state index in [0.29, 0.717) is 17.9 Å². The number of para-hydroxylation sites is 1.